The lowest BCUT2D eigenvalue weighted by molar-refractivity contribution is 0.145. The summed E-state index contributed by atoms with van der Waals surface area (Å²) in [7, 11) is 0. The second kappa shape index (κ2) is 8.89. The number of nitrogens with one attached hydrogen (secondary N) is 1. The predicted molar refractivity (Wildman–Crippen MR) is 95.7 cm³/mol. The minimum Gasteiger partial charge on any atom is -0.391 e. The van der Waals surface area contributed by atoms with Gasteiger partial charge in [0.05, 0.1) is 12.1 Å². The number of hydrogen-bond donors (Lipinski definition) is 2. The minimum atomic E-state index is -0.457. The molecular weight excluding hydrogens is 338 g/mol. The molecule has 0 spiro atoms. The van der Waals surface area contributed by atoms with E-state index in [0.29, 0.717) is 13.0 Å². The second-order valence-electron chi connectivity index (χ2n) is 5.28. The van der Waals surface area contributed by atoms with Crippen molar-refractivity contribution in [3.63, 3.8) is 0 Å². The minimum absolute atomic E-state index is 0.0719. The van der Waals surface area contributed by atoms with Crippen LogP contribution < -0.4 is 5.32 Å². The fourth-order valence-electron chi connectivity index (χ4n) is 2.39. The Balaban J connectivity index is 1.98. The summed E-state index contributed by atoms with van der Waals surface area (Å²) < 4.78 is 1.08. The van der Waals surface area contributed by atoms with Gasteiger partial charge in [-0.15, -0.1) is 0 Å². The van der Waals surface area contributed by atoms with Crippen LogP contribution in [0.1, 0.15) is 18.1 Å². The average molecular weight is 360 g/mol. The average Bonchev–Trinajstić information content (AvgIpc) is 2.53. The highest BCUT2D eigenvalue weighted by molar-refractivity contribution is 9.10. The largest absolute Gasteiger partial charge is 0.391 e. The number of aliphatic hydroxyl groups is 1. The smallest absolute Gasteiger partial charge is 0.0769 e. The summed E-state index contributed by atoms with van der Waals surface area (Å²) in [6.07, 6.45) is 4.18. The van der Waals surface area contributed by atoms with E-state index in [1.807, 2.05) is 67.6 Å². The van der Waals surface area contributed by atoms with Crippen LogP contribution in [0.25, 0.3) is 0 Å². The van der Waals surface area contributed by atoms with Crippen LogP contribution in [-0.4, -0.2) is 17.3 Å². The lowest BCUT2D eigenvalue weighted by atomic mass is 10.0. The molecule has 0 fully saturated rings. The molecule has 0 aromatic heterocycles. The first kappa shape index (κ1) is 16.9. The Kier molecular flexibility index (Phi) is 6.84. The monoisotopic (exact) mass is 359 g/mol. The normalized spacial score (nSPS) is 14.1. The molecule has 0 aliphatic rings. The van der Waals surface area contributed by atoms with Gasteiger partial charge in [0, 0.05) is 17.4 Å². The lowest BCUT2D eigenvalue weighted by Gasteiger charge is -2.22. The zero-order chi connectivity index (χ0) is 15.8. The number of halogens is 1. The van der Waals surface area contributed by atoms with Gasteiger partial charge in [-0.3, -0.25) is 0 Å². The molecule has 0 aliphatic carbocycles. The van der Waals surface area contributed by atoms with Crippen LogP contribution >= 0.6 is 15.9 Å². The number of rotatable bonds is 7. The van der Waals surface area contributed by atoms with Gasteiger partial charge in [-0.1, -0.05) is 76.6 Å². The summed E-state index contributed by atoms with van der Waals surface area (Å²) in [4.78, 5) is 0. The first-order valence-corrected chi connectivity index (χ1v) is 8.31. The Labute approximate surface area is 141 Å². The van der Waals surface area contributed by atoms with Gasteiger partial charge in [0.2, 0.25) is 0 Å². The number of hydrogen-bond acceptors (Lipinski definition) is 2. The highest BCUT2D eigenvalue weighted by Gasteiger charge is 2.16. The third-order valence-corrected chi connectivity index (χ3v) is 4.36. The summed E-state index contributed by atoms with van der Waals surface area (Å²) in [5.74, 6) is 0. The molecule has 2 atom stereocenters. The van der Waals surface area contributed by atoms with Crippen molar-refractivity contribution in [1.29, 1.82) is 0 Å². The molecule has 2 aromatic rings. The number of aliphatic hydroxyl groups excluding tert-OH is 1. The van der Waals surface area contributed by atoms with Gasteiger partial charge in [-0.25, -0.2) is 0 Å². The van der Waals surface area contributed by atoms with Gasteiger partial charge in [-0.05, 0) is 24.1 Å². The van der Waals surface area contributed by atoms with Crippen molar-refractivity contribution in [3.05, 3.63) is 82.3 Å². The molecule has 0 heterocycles. The molecule has 116 valence electrons. The van der Waals surface area contributed by atoms with Crippen LogP contribution in [0.2, 0.25) is 0 Å². The van der Waals surface area contributed by atoms with Crippen molar-refractivity contribution in [1.82, 2.24) is 5.32 Å². The Morgan fingerprint density at radius 1 is 1.09 bits per heavy atom. The summed E-state index contributed by atoms with van der Waals surface area (Å²) in [5.41, 5.74) is 2.33. The number of benzene rings is 2. The van der Waals surface area contributed by atoms with Crippen LogP contribution in [0.15, 0.2) is 71.2 Å². The van der Waals surface area contributed by atoms with Gasteiger partial charge in [0.1, 0.15) is 0 Å². The first-order valence-electron chi connectivity index (χ1n) is 7.52. The maximum atomic E-state index is 10.5. The molecule has 0 saturated heterocycles. The van der Waals surface area contributed by atoms with E-state index in [0.717, 1.165) is 10.0 Å². The van der Waals surface area contributed by atoms with E-state index in [1.54, 1.807) is 0 Å². The standard InChI is InChI=1S/C19H22BrNO/c1-2-8-18(19(22)13-15-9-4-3-5-10-15)21-14-16-11-6-7-12-17(16)20/h2-12,18-19,21-22H,13-14H2,1H3/b8-2-/t18-,19+/m1/s1. The van der Waals surface area contributed by atoms with Gasteiger partial charge < -0.3 is 10.4 Å². The van der Waals surface area contributed by atoms with E-state index >= 15 is 0 Å². The van der Waals surface area contributed by atoms with Crippen molar-refractivity contribution >= 4 is 15.9 Å². The molecule has 0 unspecified atom stereocenters. The van der Waals surface area contributed by atoms with E-state index < -0.39 is 6.10 Å². The quantitative estimate of drug-likeness (QED) is 0.729. The Bertz CT molecular complexity index is 597. The third kappa shape index (κ3) is 5.09. The third-order valence-electron chi connectivity index (χ3n) is 3.59. The molecule has 0 saturated carbocycles. The molecule has 22 heavy (non-hydrogen) atoms. The van der Waals surface area contributed by atoms with Gasteiger partial charge >= 0.3 is 0 Å². The summed E-state index contributed by atoms with van der Waals surface area (Å²) in [5, 5.41) is 13.9. The Morgan fingerprint density at radius 3 is 2.45 bits per heavy atom. The summed E-state index contributed by atoms with van der Waals surface area (Å²) in [6.45, 7) is 2.69. The molecule has 2 rings (SSSR count). The molecule has 0 aliphatic heterocycles. The van der Waals surface area contributed by atoms with Crippen molar-refractivity contribution < 1.29 is 5.11 Å². The van der Waals surface area contributed by atoms with Crippen LogP contribution in [0.3, 0.4) is 0 Å². The van der Waals surface area contributed by atoms with E-state index in [2.05, 4.69) is 27.3 Å². The molecule has 2 aromatic carbocycles. The molecule has 2 nitrogen and oxygen atoms in total. The summed E-state index contributed by atoms with van der Waals surface area (Å²) >= 11 is 3.56. The van der Waals surface area contributed by atoms with Gasteiger partial charge in [0.15, 0.2) is 0 Å². The van der Waals surface area contributed by atoms with Crippen LogP contribution in [0, 0.1) is 0 Å². The van der Waals surface area contributed by atoms with Crippen molar-refractivity contribution in [3.8, 4) is 0 Å². The Hall–Kier alpha value is -1.42. The maximum Gasteiger partial charge on any atom is 0.0769 e. The zero-order valence-corrected chi connectivity index (χ0v) is 14.3. The zero-order valence-electron chi connectivity index (χ0n) is 12.7. The highest BCUT2D eigenvalue weighted by Crippen LogP contribution is 2.16. The van der Waals surface area contributed by atoms with Gasteiger partial charge in [-0.2, -0.15) is 0 Å². The van der Waals surface area contributed by atoms with Crippen LogP contribution in [0.5, 0.6) is 0 Å². The number of allylic oxidation sites excluding steroid dienone is 1. The van der Waals surface area contributed by atoms with Crippen molar-refractivity contribution in [2.75, 3.05) is 0 Å². The van der Waals surface area contributed by atoms with E-state index in [-0.39, 0.29) is 6.04 Å². The van der Waals surface area contributed by atoms with Gasteiger partial charge in [0.25, 0.3) is 0 Å². The van der Waals surface area contributed by atoms with Crippen molar-refractivity contribution in [2.45, 2.75) is 32.0 Å². The lowest BCUT2D eigenvalue weighted by Crippen LogP contribution is -2.39. The molecule has 0 amide bonds. The maximum absolute atomic E-state index is 10.5. The van der Waals surface area contributed by atoms with Crippen LogP contribution in [0.4, 0.5) is 0 Å². The topological polar surface area (TPSA) is 32.3 Å². The van der Waals surface area contributed by atoms with Crippen molar-refractivity contribution in [2.24, 2.45) is 0 Å². The fraction of sp³-hybridized carbons (Fsp3) is 0.263. The Morgan fingerprint density at radius 2 is 1.77 bits per heavy atom. The van der Waals surface area contributed by atoms with E-state index in [4.69, 9.17) is 0 Å². The highest BCUT2D eigenvalue weighted by atomic mass is 79.9. The van der Waals surface area contributed by atoms with E-state index in [1.165, 1.54) is 5.56 Å². The molecular formula is C19H22BrNO. The second-order valence-corrected chi connectivity index (χ2v) is 6.14. The first-order chi connectivity index (χ1) is 10.7. The summed E-state index contributed by atoms with van der Waals surface area (Å²) in [6, 6.07) is 18.1. The predicted octanol–water partition coefficient (Wildman–Crippen LogP) is 4.09. The van der Waals surface area contributed by atoms with E-state index in [9.17, 15) is 5.11 Å². The van der Waals surface area contributed by atoms with Crippen LogP contribution in [-0.2, 0) is 13.0 Å². The molecule has 3 heteroatoms. The molecule has 2 N–H and O–H groups in total. The fourth-order valence-corrected chi connectivity index (χ4v) is 2.82. The molecule has 0 bridgehead atoms. The molecule has 0 radical (unpaired) electrons. The SMILES string of the molecule is C/C=C\[C@@H](NCc1ccccc1Br)[C@@H](O)Cc1ccccc1.